The molecule has 1 aliphatic heterocycles. The summed E-state index contributed by atoms with van der Waals surface area (Å²) in [6, 6.07) is 6.14. The number of carbonyl (C=O) groups excluding carboxylic acids is 2. The van der Waals surface area contributed by atoms with E-state index in [1.165, 1.54) is 38.5 Å². The maximum atomic E-state index is 13.6. The Kier molecular flexibility index (Phi) is 5.71. The van der Waals surface area contributed by atoms with Crippen LogP contribution < -0.4 is 19.5 Å². The third kappa shape index (κ3) is 3.55. The number of halogens is 2. The van der Waals surface area contributed by atoms with Crippen LogP contribution in [0.15, 0.2) is 42.2 Å². The summed E-state index contributed by atoms with van der Waals surface area (Å²) in [5.74, 6) is -1.04. The molecule has 1 spiro atoms. The van der Waals surface area contributed by atoms with Crippen LogP contribution in [0.2, 0.25) is 5.02 Å². The van der Waals surface area contributed by atoms with Gasteiger partial charge in [-0.15, -0.1) is 0 Å². The lowest BCUT2D eigenvalue weighted by Gasteiger charge is -2.35. The van der Waals surface area contributed by atoms with Crippen molar-refractivity contribution in [2.45, 2.75) is 25.4 Å². The van der Waals surface area contributed by atoms with E-state index in [-0.39, 0.29) is 33.7 Å². The fraction of sp³-hybridized carbons (Fsp3) is 0.308. The zero-order chi connectivity index (χ0) is 24.9. The van der Waals surface area contributed by atoms with Gasteiger partial charge in [-0.3, -0.25) is 9.59 Å². The molecule has 2 atom stereocenters. The van der Waals surface area contributed by atoms with E-state index in [4.69, 9.17) is 25.8 Å². The van der Waals surface area contributed by atoms with Crippen molar-refractivity contribution >= 4 is 34.1 Å². The van der Waals surface area contributed by atoms with Crippen molar-refractivity contribution in [3.63, 3.8) is 0 Å². The Morgan fingerprint density at radius 3 is 2.71 bits per heavy atom. The van der Waals surface area contributed by atoms with Gasteiger partial charge in [-0.1, -0.05) is 18.5 Å². The summed E-state index contributed by atoms with van der Waals surface area (Å²) in [5, 5.41) is 4.24. The molecule has 0 saturated carbocycles. The summed E-state index contributed by atoms with van der Waals surface area (Å²) in [5.41, 5.74) is 0.994. The maximum Gasteiger partial charge on any atom is 0.236 e. The zero-order valence-electron chi connectivity index (χ0n) is 19.5. The molecule has 2 N–H and O–H groups in total. The van der Waals surface area contributed by atoms with E-state index in [1.54, 1.807) is 13.0 Å². The number of hydrogen-bond acceptors (Lipinski definition) is 6. The molecule has 9 heteroatoms. The Balaban J connectivity index is 1.36. The van der Waals surface area contributed by atoms with Gasteiger partial charge in [0.1, 0.15) is 27.9 Å². The molecule has 5 rings (SSSR count). The van der Waals surface area contributed by atoms with E-state index < -0.39 is 23.1 Å². The fourth-order valence-corrected chi connectivity index (χ4v) is 5.23. The van der Waals surface area contributed by atoms with Gasteiger partial charge >= 0.3 is 0 Å². The summed E-state index contributed by atoms with van der Waals surface area (Å²) in [6.07, 6.45) is 4.33. The molecule has 0 radical (unpaired) electrons. The van der Waals surface area contributed by atoms with Gasteiger partial charge in [-0.25, -0.2) is 4.39 Å². The van der Waals surface area contributed by atoms with E-state index >= 15 is 0 Å². The Bertz CT molecular complexity index is 1400. The molecule has 0 fully saturated rings. The van der Waals surface area contributed by atoms with Crippen LogP contribution >= 0.6 is 11.6 Å². The third-order valence-corrected chi connectivity index (χ3v) is 7.14. The number of nitrogens with one attached hydrogen (secondary N) is 2. The third-order valence-electron chi connectivity index (χ3n) is 6.79. The molecule has 0 saturated heterocycles. The quantitative estimate of drug-likeness (QED) is 0.482. The number of allylic oxidation sites excluding steroid dienone is 1. The van der Waals surface area contributed by atoms with Crippen molar-refractivity contribution in [3.05, 3.63) is 64.2 Å². The van der Waals surface area contributed by atoms with Crippen LogP contribution in [0.5, 0.6) is 17.2 Å². The molecule has 1 aromatic heterocycles. The number of Topliss-reactive ketones (excluding diaryl/α,β-unsaturated/α-hetero) is 1. The molecule has 0 bridgehead atoms. The minimum absolute atomic E-state index is 0.101. The van der Waals surface area contributed by atoms with Crippen LogP contribution in [0.1, 0.15) is 29.3 Å². The smallest absolute Gasteiger partial charge is 0.236 e. The largest absolute Gasteiger partial charge is 0.496 e. The predicted octanol–water partition coefficient (Wildman–Crippen LogP) is 4.62. The van der Waals surface area contributed by atoms with Crippen molar-refractivity contribution in [2.24, 2.45) is 5.92 Å². The highest BCUT2D eigenvalue weighted by Crippen LogP contribution is 2.52. The molecule has 1 aliphatic carbocycles. The van der Waals surface area contributed by atoms with Crippen LogP contribution in [0.25, 0.3) is 10.9 Å². The molecular formula is C26H24ClFN2O5. The van der Waals surface area contributed by atoms with Gasteiger partial charge in [0.25, 0.3) is 0 Å². The van der Waals surface area contributed by atoms with Crippen molar-refractivity contribution < 1.29 is 28.2 Å². The Morgan fingerprint density at radius 2 is 2.00 bits per heavy atom. The number of carbonyl (C=O) groups is 2. The number of H-pyrrole nitrogens is 1. The van der Waals surface area contributed by atoms with Crippen molar-refractivity contribution in [3.8, 4) is 17.2 Å². The average molecular weight is 499 g/mol. The summed E-state index contributed by atoms with van der Waals surface area (Å²) in [7, 11) is 2.87. The lowest BCUT2D eigenvalue weighted by atomic mass is 9.74. The summed E-state index contributed by atoms with van der Waals surface area (Å²) < 4.78 is 30.3. The molecule has 7 nitrogen and oxygen atoms in total. The SMILES string of the molecule is COc1cc(OC)c2c(c1Cl)O[C@@]1(C(=O)C=C(NCCc3c[nH]c4ccc(F)cc34)C[C@H]1C)C2=O. The number of ketones is 2. The van der Waals surface area contributed by atoms with Crippen molar-refractivity contribution in [1.82, 2.24) is 10.3 Å². The second-order valence-electron chi connectivity index (χ2n) is 8.79. The monoisotopic (exact) mass is 498 g/mol. The number of ether oxygens (including phenoxy) is 3. The first-order valence-corrected chi connectivity index (χ1v) is 11.6. The highest BCUT2D eigenvalue weighted by atomic mass is 35.5. The van der Waals surface area contributed by atoms with Gasteiger partial charge in [0.15, 0.2) is 5.75 Å². The number of methoxy groups -OCH3 is 2. The van der Waals surface area contributed by atoms with Crippen molar-refractivity contribution in [2.75, 3.05) is 20.8 Å². The lowest BCUT2D eigenvalue weighted by molar-refractivity contribution is -0.129. The predicted molar refractivity (Wildman–Crippen MR) is 129 cm³/mol. The van der Waals surface area contributed by atoms with E-state index in [9.17, 15) is 14.0 Å². The molecule has 35 heavy (non-hydrogen) atoms. The zero-order valence-corrected chi connectivity index (χ0v) is 20.2. The van der Waals surface area contributed by atoms with E-state index in [0.29, 0.717) is 25.1 Å². The van der Waals surface area contributed by atoms with Gasteiger partial charge in [0, 0.05) is 47.4 Å². The van der Waals surface area contributed by atoms with Gasteiger partial charge < -0.3 is 24.5 Å². The Labute approximate surface area is 206 Å². The summed E-state index contributed by atoms with van der Waals surface area (Å²) in [4.78, 5) is 30.0. The highest BCUT2D eigenvalue weighted by Gasteiger charge is 2.60. The Morgan fingerprint density at radius 1 is 1.23 bits per heavy atom. The molecule has 0 unspecified atom stereocenters. The number of fused-ring (bicyclic) bond motifs is 2. The van der Waals surface area contributed by atoms with E-state index in [2.05, 4.69) is 10.3 Å². The van der Waals surface area contributed by atoms with Gasteiger partial charge in [0.05, 0.1) is 14.2 Å². The number of benzene rings is 2. The lowest BCUT2D eigenvalue weighted by Crippen LogP contribution is -2.55. The van der Waals surface area contributed by atoms with Gasteiger partial charge in [-0.05, 0) is 36.6 Å². The Hall–Kier alpha value is -3.52. The van der Waals surface area contributed by atoms with Gasteiger partial charge in [0.2, 0.25) is 17.2 Å². The second-order valence-corrected chi connectivity index (χ2v) is 9.16. The summed E-state index contributed by atoms with van der Waals surface area (Å²) in [6.45, 7) is 2.34. The van der Waals surface area contributed by atoms with Crippen LogP contribution in [-0.4, -0.2) is 42.9 Å². The molecule has 2 aliphatic rings. The highest BCUT2D eigenvalue weighted by molar-refractivity contribution is 6.36. The second kappa shape index (κ2) is 8.61. The normalized spacial score (nSPS) is 21.2. The molecule has 2 heterocycles. The number of aromatic amines is 1. The van der Waals surface area contributed by atoms with Crippen LogP contribution in [0, 0.1) is 11.7 Å². The van der Waals surface area contributed by atoms with E-state index in [1.807, 2.05) is 6.20 Å². The molecule has 0 amide bonds. The standard InChI is InChI=1S/C26H24ClFN2O5/c1-13-8-16(29-7-6-14-12-30-18-5-4-15(28)9-17(14)18)10-21(31)26(13)25(32)22-19(33-2)11-20(34-3)23(27)24(22)35-26/h4-5,9-13,29-30H,6-8H2,1-3H3/t13-,26+/m1/s1. The topological polar surface area (TPSA) is 89.7 Å². The van der Waals surface area contributed by atoms with Gasteiger partial charge in [-0.2, -0.15) is 0 Å². The molecular weight excluding hydrogens is 475 g/mol. The van der Waals surface area contributed by atoms with Crippen molar-refractivity contribution in [1.29, 1.82) is 0 Å². The van der Waals surface area contributed by atoms with Crippen LogP contribution in [0.4, 0.5) is 4.39 Å². The first-order valence-electron chi connectivity index (χ1n) is 11.2. The molecule has 2 aromatic carbocycles. The minimum Gasteiger partial charge on any atom is -0.496 e. The molecule has 182 valence electrons. The average Bonchev–Trinajstić information content (AvgIpc) is 3.38. The first kappa shape index (κ1) is 23.2. The number of rotatable bonds is 6. The minimum atomic E-state index is -1.70. The van der Waals surface area contributed by atoms with E-state index in [0.717, 1.165) is 16.5 Å². The fourth-order valence-electron chi connectivity index (χ4n) is 4.97. The summed E-state index contributed by atoms with van der Waals surface area (Å²) >= 11 is 6.42. The van der Waals surface area contributed by atoms with Crippen LogP contribution in [-0.2, 0) is 11.2 Å². The number of aromatic nitrogens is 1. The molecule has 3 aromatic rings. The maximum absolute atomic E-state index is 13.6. The first-order chi connectivity index (χ1) is 16.8. The number of hydrogen-bond donors (Lipinski definition) is 2. The van der Waals surface area contributed by atoms with Crippen LogP contribution in [0.3, 0.4) is 0 Å².